The highest BCUT2D eigenvalue weighted by molar-refractivity contribution is 5.94. The Balaban J connectivity index is 2.23. The number of carboxylic acids is 1. The maximum absolute atomic E-state index is 12.3. The number of hydrogen-bond donors (Lipinski definition) is 3. The number of aliphatic hydroxyl groups is 1. The Hall–Kier alpha value is -1.96. The van der Waals surface area contributed by atoms with Crippen LogP contribution < -0.4 is 0 Å². The van der Waals surface area contributed by atoms with Crippen LogP contribution >= 0.6 is 0 Å². The second-order valence-electron chi connectivity index (χ2n) is 5.96. The number of aromatic amines is 1. The molecule has 1 fully saturated rings. The molecule has 20 heavy (non-hydrogen) atoms. The molecular weight excluding hydrogens is 264 g/mol. The number of amides is 1. The fourth-order valence-corrected chi connectivity index (χ4v) is 2.09. The number of likely N-dealkylation sites (tertiary alicyclic amines) is 1. The van der Waals surface area contributed by atoms with Crippen molar-refractivity contribution >= 4 is 11.9 Å². The molecule has 1 amide bonds. The van der Waals surface area contributed by atoms with Crippen LogP contribution in [0.1, 0.15) is 43.6 Å². The predicted octanol–water partition coefficient (Wildman–Crippen LogP) is -0.238. The number of carbonyl (C=O) groups excluding carboxylic acids is 1. The van der Waals surface area contributed by atoms with Crippen LogP contribution in [0.3, 0.4) is 0 Å². The number of nitrogens with zero attached hydrogens (tertiary/aromatic N) is 3. The topological polar surface area (TPSA) is 119 Å². The molecule has 1 aromatic heterocycles. The van der Waals surface area contributed by atoms with Gasteiger partial charge in [0.2, 0.25) is 5.82 Å². The van der Waals surface area contributed by atoms with E-state index >= 15 is 0 Å². The van der Waals surface area contributed by atoms with E-state index in [9.17, 15) is 14.7 Å². The number of aliphatic hydroxyl groups excluding tert-OH is 1. The van der Waals surface area contributed by atoms with Crippen LogP contribution in [0, 0.1) is 0 Å². The zero-order valence-corrected chi connectivity index (χ0v) is 11.6. The average molecular weight is 282 g/mol. The molecule has 1 aliphatic heterocycles. The third-order valence-electron chi connectivity index (χ3n) is 3.21. The quantitative estimate of drug-likeness (QED) is 0.689. The standard InChI is InChI=1S/C12H18N4O4/c1-12(2,3)11-13-8(14-15-11)9(18)16-5-6(17)4-7(16)10(19)20/h6-7,17H,4-5H2,1-3H3,(H,19,20)(H,13,14,15)/t6-,7-/m0/s1. The largest absolute Gasteiger partial charge is 0.480 e. The molecule has 1 aliphatic rings. The Bertz CT molecular complexity index is 534. The number of nitrogens with one attached hydrogen (secondary N) is 1. The highest BCUT2D eigenvalue weighted by Crippen LogP contribution is 2.21. The lowest BCUT2D eigenvalue weighted by atomic mass is 9.96. The normalized spacial score (nSPS) is 23.1. The van der Waals surface area contributed by atoms with Crippen LogP contribution in [0.15, 0.2) is 0 Å². The molecule has 0 unspecified atom stereocenters. The van der Waals surface area contributed by atoms with Crippen molar-refractivity contribution in [1.82, 2.24) is 20.1 Å². The van der Waals surface area contributed by atoms with Crippen molar-refractivity contribution < 1.29 is 19.8 Å². The fraction of sp³-hybridized carbons (Fsp3) is 0.667. The number of carbonyl (C=O) groups is 2. The van der Waals surface area contributed by atoms with Crippen LogP contribution in [-0.4, -0.2) is 60.9 Å². The summed E-state index contributed by atoms with van der Waals surface area (Å²) in [6, 6.07) is -1.03. The van der Waals surface area contributed by atoms with Gasteiger partial charge in [-0.1, -0.05) is 20.8 Å². The van der Waals surface area contributed by atoms with E-state index in [1.165, 1.54) is 0 Å². The Morgan fingerprint density at radius 2 is 2.05 bits per heavy atom. The third kappa shape index (κ3) is 2.64. The Morgan fingerprint density at radius 3 is 2.55 bits per heavy atom. The highest BCUT2D eigenvalue weighted by atomic mass is 16.4. The fourth-order valence-electron chi connectivity index (χ4n) is 2.09. The van der Waals surface area contributed by atoms with Crippen molar-refractivity contribution in [2.75, 3.05) is 6.54 Å². The molecule has 110 valence electrons. The zero-order chi connectivity index (χ0) is 15.1. The van der Waals surface area contributed by atoms with E-state index in [1.54, 1.807) is 0 Å². The number of H-pyrrole nitrogens is 1. The minimum atomic E-state index is -1.14. The van der Waals surface area contributed by atoms with Gasteiger partial charge in [0.1, 0.15) is 11.9 Å². The minimum absolute atomic E-state index is 0.0187. The van der Waals surface area contributed by atoms with E-state index < -0.39 is 24.0 Å². The lowest BCUT2D eigenvalue weighted by molar-refractivity contribution is -0.141. The first-order chi connectivity index (χ1) is 9.20. The van der Waals surface area contributed by atoms with Gasteiger partial charge in [0.05, 0.1) is 6.10 Å². The summed E-state index contributed by atoms with van der Waals surface area (Å²) in [5, 5.41) is 25.2. The summed E-state index contributed by atoms with van der Waals surface area (Å²) in [6.45, 7) is 5.74. The van der Waals surface area contributed by atoms with Gasteiger partial charge >= 0.3 is 5.97 Å². The number of aliphatic carboxylic acids is 1. The molecule has 2 heterocycles. The molecule has 1 aromatic rings. The average Bonchev–Trinajstić information content (AvgIpc) is 2.93. The minimum Gasteiger partial charge on any atom is -0.480 e. The number of rotatable bonds is 2. The molecule has 8 nitrogen and oxygen atoms in total. The van der Waals surface area contributed by atoms with E-state index in [1.807, 2.05) is 20.8 Å². The Morgan fingerprint density at radius 1 is 1.40 bits per heavy atom. The molecule has 0 spiro atoms. The first-order valence-electron chi connectivity index (χ1n) is 6.35. The molecule has 2 atom stereocenters. The van der Waals surface area contributed by atoms with Gasteiger partial charge in [0, 0.05) is 18.4 Å². The maximum atomic E-state index is 12.3. The second-order valence-corrected chi connectivity index (χ2v) is 5.96. The van der Waals surface area contributed by atoms with Gasteiger partial charge in [0.25, 0.3) is 5.91 Å². The summed E-state index contributed by atoms with van der Waals surface area (Å²) < 4.78 is 0. The molecule has 3 N–H and O–H groups in total. The Labute approximate surface area is 115 Å². The van der Waals surface area contributed by atoms with Crippen LogP contribution in [-0.2, 0) is 10.2 Å². The summed E-state index contributed by atoms with van der Waals surface area (Å²) in [5.74, 6) is -1.25. The van der Waals surface area contributed by atoms with E-state index in [4.69, 9.17) is 5.11 Å². The summed E-state index contributed by atoms with van der Waals surface area (Å²) in [7, 11) is 0. The SMILES string of the molecule is CC(C)(C)c1nc(C(=O)N2C[C@@H](O)C[C@H]2C(=O)O)n[nH]1. The van der Waals surface area contributed by atoms with Gasteiger partial charge < -0.3 is 15.1 Å². The zero-order valence-electron chi connectivity index (χ0n) is 11.6. The first kappa shape index (κ1) is 14.4. The number of carboxylic acid groups (broad SMARTS) is 1. The first-order valence-corrected chi connectivity index (χ1v) is 6.35. The van der Waals surface area contributed by atoms with Crippen molar-refractivity contribution in [3.63, 3.8) is 0 Å². The van der Waals surface area contributed by atoms with Gasteiger partial charge in [-0.2, -0.15) is 0 Å². The molecule has 0 saturated carbocycles. The summed E-state index contributed by atoms with van der Waals surface area (Å²) in [4.78, 5) is 28.6. The van der Waals surface area contributed by atoms with Crippen molar-refractivity contribution in [3.8, 4) is 0 Å². The molecule has 0 aliphatic carbocycles. The molecular formula is C12H18N4O4. The van der Waals surface area contributed by atoms with Gasteiger partial charge in [0.15, 0.2) is 0 Å². The number of aromatic nitrogens is 3. The van der Waals surface area contributed by atoms with Gasteiger partial charge in [-0.3, -0.25) is 9.89 Å². The molecule has 0 bridgehead atoms. The molecule has 0 radical (unpaired) electrons. The van der Waals surface area contributed by atoms with E-state index in [2.05, 4.69) is 15.2 Å². The summed E-state index contributed by atoms with van der Waals surface area (Å²) >= 11 is 0. The van der Waals surface area contributed by atoms with Gasteiger partial charge in [-0.15, -0.1) is 5.10 Å². The van der Waals surface area contributed by atoms with E-state index in [0.717, 1.165) is 4.90 Å². The van der Waals surface area contributed by atoms with E-state index in [0.29, 0.717) is 5.82 Å². The molecule has 2 rings (SSSR count). The maximum Gasteiger partial charge on any atom is 0.326 e. The molecule has 0 aromatic carbocycles. The van der Waals surface area contributed by atoms with Gasteiger partial charge in [-0.25, -0.2) is 9.78 Å². The van der Waals surface area contributed by atoms with Crippen LogP contribution in [0.2, 0.25) is 0 Å². The van der Waals surface area contributed by atoms with Crippen LogP contribution in [0.5, 0.6) is 0 Å². The second kappa shape index (κ2) is 4.86. The van der Waals surface area contributed by atoms with Crippen molar-refractivity contribution in [3.05, 3.63) is 11.6 Å². The van der Waals surface area contributed by atoms with Crippen molar-refractivity contribution in [2.24, 2.45) is 0 Å². The van der Waals surface area contributed by atoms with E-state index in [-0.39, 0.29) is 24.2 Å². The van der Waals surface area contributed by atoms with Crippen molar-refractivity contribution in [2.45, 2.75) is 44.8 Å². The number of hydrogen-bond acceptors (Lipinski definition) is 5. The highest BCUT2D eigenvalue weighted by Gasteiger charge is 2.40. The Kier molecular flexibility index (Phi) is 3.51. The predicted molar refractivity (Wildman–Crippen MR) is 68.2 cm³/mol. The molecule has 8 heteroatoms. The third-order valence-corrected chi connectivity index (χ3v) is 3.21. The lowest BCUT2D eigenvalue weighted by Crippen LogP contribution is -2.41. The lowest BCUT2D eigenvalue weighted by Gasteiger charge is -2.19. The van der Waals surface area contributed by atoms with Crippen molar-refractivity contribution in [1.29, 1.82) is 0 Å². The monoisotopic (exact) mass is 282 g/mol. The smallest absolute Gasteiger partial charge is 0.326 e. The van der Waals surface area contributed by atoms with Crippen LogP contribution in [0.4, 0.5) is 0 Å². The molecule has 1 saturated heterocycles. The number of β-amino-alcohol motifs (C(OH)–C–C–N with tert-alkyl or cyclic N) is 1. The summed E-state index contributed by atoms with van der Waals surface area (Å²) in [5.41, 5.74) is -0.289. The van der Waals surface area contributed by atoms with Crippen LogP contribution in [0.25, 0.3) is 0 Å². The van der Waals surface area contributed by atoms with Gasteiger partial charge in [-0.05, 0) is 0 Å². The summed E-state index contributed by atoms with van der Waals surface area (Å²) in [6.07, 6.45) is -0.807.